The Morgan fingerprint density at radius 2 is 1.70 bits per heavy atom. The Morgan fingerprint density at radius 1 is 1.03 bits per heavy atom. The molecule has 0 fully saturated rings. The van der Waals surface area contributed by atoms with Crippen LogP contribution in [0.15, 0.2) is 41.3 Å². The molecule has 0 aromatic heterocycles. The Bertz CT molecular complexity index is 1050. The highest BCUT2D eigenvalue weighted by Crippen LogP contribution is 2.38. The first-order valence-corrected chi connectivity index (χ1v) is 10.8. The molecule has 2 aromatic rings. The fraction of sp³-hybridized carbons (Fsp3) is 0.263. The summed E-state index contributed by atoms with van der Waals surface area (Å²) in [5, 5.41) is 0.311. The number of halogens is 2. The average molecular weight is 477 g/mol. The van der Waals surface area contributed by atoms with Crippen molar-refractivity contribution in [2.75, 3.05) is 13.0 Å². The van der Waals surface area contributed by atoms with Gasteiger partial charge in [0.05, 0.1) is 17.0 Å². The van der Waals surface area contributed by atoms with E-state index in [-0.39, 0.29) is 27.2 Å². The van der Waals surface area contributed by atoms with Crippen molar-refractivity contribution in [2.45, 2.75) is 24.8 Å². The van der Waals surface area contributed by atoms with Gasteiger partial charge in [0.25, 0.3) is 0 Å². The van der Waals surface area contributed by atoms with E-state index < -0.39 is 33.8 Å². The molecule has 0 spiro atoms. The molecule has 2 aromatic carbocycles. The molecule has 0 N–H and O–H groups in total. The number of rotatable bonds is 8. The fourth-order valence-corrected chi connectivity index (χ4v) is 3.64. The van der Waals surface area contributed by atoms with Gasteiger partial charge >= 0.3 is 11.9 Å². The lowest BCUT2D eigenvalue weighted by Gasteiger charge is -2.17. The van der Waals surface area contributed by atoms with Gasteiger partial charge in [-0.3, -0.25) is 4.79 Å². The van der Waals surface area contributed by atoms with E-state index in [4.69, 9.17) is 32.7 Å². The second-order valence-electron chi connectivity index (χ2n) is 5.94. The molecular formula is C19H18Cl2O8S. The van der Waals surface area contributed by atoms with Gasteiger partial charge in [-0.25, -0.2) is 13.2 Å². The largest absolute Gasteiger partial charge is 0.475 e. The zero-order valence-corrected chi connectivity index (χ0v) is 18.5. The summed E-state index contributed by atoms with van der Waals surface area (Å²) in [6, 6.07) is 8.24. The minimum atomic E-state index is -3.89. The van der Waals surface area contributed by atoms with E-state index in [1.807, 2.05) is 0 Å². The minimum absolute atomic E-state index is 0.0224. The Hall–Kier alpha value is -2.49. The number of hydrogen-bond donors (Lipinski definition) is 0. The van der Waals surface area contributed by atoms with Gasteiger partial charge in [0.15, 0.2) is 23.5 Å². The molecule has 0 amide bonds. The van der Waals surface area contributed by atoms with Crippen LogP contribution >= 0.6 is 23.2 Å². The summed E-state index contributed by atoms with van der Waals surface area (Å²) in [5.74, 6) is -1.66. The van der Waals surface area contributed by atoms with E-state index in [9.17, 15) is 18.0 Å². The maximum Gasteiger partial charge on any atom is 0.346 e. The van der Waals surface area contributed by atoms with Crippen LogP contribution in [0.2, 0.25) is 10.0 Å². The van der Waals surface area contributed by atoms with Crippen molar-refractivity contribution in [2.24, 2.45) is 0 Å². The number of ether oxygens (including phenoxy) is 4. The summed E-state index contributed by atoms with van der Waals surface area (Å²) < 4.78 is 44.9. The van der Waals surface area contributed by atoms with E-state index >= 15 is 0 Å². The molecule has 30 heavy (non-hydrogen) atoms. The number of hydrogen-bond acceptors (Lipinski definition) is 8. The van der Waals surface area contributed by atoms with Gasteiger partial charge in [0.1, 0.15) is 5.75 Å². The molecule has 0 aliphatic heterocycles. The SMILES string of the molecule is COC(=O)C(C)Oc1ccc(Cl)cc1Oc1ccc(S(=O)(=O)COC(C)=O)cc1Cl. The summed E-state index contributed by atoms with van der Waals surface area (Å²) >= 11 is 12.2. The predicted molar refractivity (Wildman–Crippen MR) is 109 cm³/mol. The normalized spacial score (nSPS) is 12.0. The first-order valence-electron chi connectivity index (χ1n) is 8.41. The molecule has 1 unspecified atom stereocenters. The molecule has 0 heterocycles. The predicted octanol–water partition coefficient (Wildman–Crippen LogP) is 4.02. The van der Waals surface area contributed by atoms with Crippen LogP contribution in [-0.4, -0.2) is 39.5 Å². The molecule has 11 heteroatoms. The van der Waals surface area contributed by atoms with Gasteiger partial charge in [-0.15, -0.1) is 0 Å². The van der Waals surface area contributed by atoms with Crippen molar-refractivity contribution in [1.82, 2.24) is 0 Å². The lowest BCUT2D eigenvalue weighted by molar-refractivity contribution is -0.148. The third kappa shape index (κ3) is 6.25. The molecule has 8 nitrogen and oxygen atoms in total. The molecule has 0 radical (unpaired) electrons. The summed E-state index contributed by atoms with van der Waals surface area (Å²) in [6.45, 7) is 2.60. The second kappa shape index (κ2) is 10.0. The van der Waals surface area contributed by atoms with Crippen LogP contribution in [0.1, 0.15) is 13.8 Å². The summed E-state index contributed by atoms with van der Waals surface area (Å²) in [4.78, 5) is 22.3. The average Bonchev–Trinajstić information content (AvgIpc) is 2.69. The third-order valence-electron chi connectivity index (χ3n) is 3.64. The van der Waals surface area contributed by atoms with Crippen LogP contribution in [0.5, 0.6) is 17.2 Å². The molecular weight excluding hydrogens is 459 g/mol. The number of esters is 2. The van der Waals surface area contributed by atoms with Crippen molar-refractivity contribution >= 4 is 45.0 Å². The number of carbonyl (C=O) groups is 2. The molecule has 1 atom stereocenters. The molecule has 0 aliphatic rings. The van der Waals surface area contributed by atoms with E-state index in [1.54, 1.807) is 6.07 Å². The third-order valence-corrected chi connectivity index (χ3v) is 5.57. The summed E-state index contributed by atoms with van der Waals surface area (Å²) in [7, 11) is -2.66. The van der Waals surface area contributed by atoms with Crippen molar-refractivity contribution in [3.8, 4) is 17.2 Å². The van der Waals surface area contributed by atoms with Gasteiger partial charge in [0.2, 0.25) is 9.84 Å². The van der Waals surface area contributed by atoms with Crippen LogP contribution < -0.4 is 9.47 Å². The van der Waals surface area contributed by atoms with Crippen LogP contribution in [-0.2, 0) is 28.9 Å². The molecule has 0 saturated carbocycles. The first kappa shape index (κ1) is 23.8. The highest BCUT2D eigenvalue weighted by molar-refractivity contribution is 7.91. The molecule has 162 valence electrons. The number of sulfone groups is 1. The highest BCUT2D eigenvalue weighted by Gasteiger charge is 2.21. The first-order chi connectivity index (χ1) is 14.0. The van der Waals surface area contributed by atoms with Crippen molar-refractivity contribution in [3.05, 3.63) is 46.4 Å². The monoisotopic (exact) mass is 476 g/mol. The van der Waals surface area contributed by atoms with Crippen LogP contribution in [0, 0.1) is 0 Å². The zero-order chi connectivity index (χ0) is 22.5. The molecule has 0 saturated heterocycles. The minimum Gasteiger partial charge on any atom is -0.475 e. The number of carbonyl (C=O) groups excluding carboxylic acids is 2. The van der Waals surface area contributed by atoms with E-state index in [2.05, 4.69) is 9.47 Å². The quantitative estimate of drug-likeness (QED) is 0.525. The van der Waals surface area contributed by atoms with Gasteiger partial charge in [-0.2, -0.15) is 0 Å². The van der Waals surface area contributed by atoms with Gasteiger partial charge in [-0.1, -0.05) is 23.2 Å². The Labute approximate surface area is 183 Å². The maximum atomic E-state index is 12.2. The van der Waals surface area contributed by atoms with Gasteiger partial charge in [0, 0.05) is 18.0 Å². The molecule has 0 bridgehead atoms. The maximum absolute atomic E-state index is 12.2. The van der Waals surface area contributed by atoms with Crippen LogP contribution in [0.25, 0.3) is 0 Å². The molecule has 2 rings (SSSR count). The van der Waals surface area contributed by atoms with E-state index in [1.165, 1.54) is 38.3 Å². The number of methoxy groups -OCH3 is 1. The fourth-order valence-electron chi connectivity index (χ4n) is 2.17. The summed E-state index contributed by atoms with van der Waals surface area (Å²) in [5.41, 5.74) is 0. The lowest BCUT2D eigenvalue weighted by atomic mass is 10.3. The van der Waals surface area contributed by atoms with Crippen molar-refractivity contribution in [1.29, 1.82) is 0 Å². The van der Waals surface area contributed by atoms with Gasteiger partial charge < -0.3 is 18.9 Å². The second-order valence-corrected chi connectivity index (χ2v) is 8.72. The highest BCUT2D eigenvalue weighted by atomic mass is 35.5. The van der Waals surface area contributed by atoms with Crippen LogP contribution in [0.4, 0.5) is 0 Å². The van der Waals surface area contributed by atoms with Gasteiger partial charge in [-0.05, 0) is 37.3 Å². The Morgan fingerprint density at radius 3 is 2.30 bits per heavy atom. The number of benzene rings is 2. The Balaban J connectivity index is 2.29. The standard InChI is InChI=1S/C19H18Cl2O8S/c1-11(19(23)26-3)28-17-6-4-13(20)8-18(17)29-16-7-5-14(9-15(16)21)30(24,25)10-27-12(2)22/h4-9,11H,10H2,1-3H3. The van der Waals surface area contributed by atoms with Crippen LogP contribution in [0.3, 0.4) is 0 Å². The molecule has 0 aliphatic carbocycles. The van der Waals surface area contributed by atoms with E-state index in [0.717, 1.165) is 13.0 Å². The Kier molecular flexibility index (Phi) is 7.94. The lowest BCUT2D eigenvalue weighted by Crippen LogP contribution is -2.25. The van der Waals surface area contributed by atoms with E-state index in [0.29, 0.717) is 5.02 Å². The topological polar surface area (TPSA) is 105 Å². The van der Waals surface area contributed by atoms with Crippen molar-refractivity contribution in [3.63, 3.8) is 0 Å². The van der Waals surface area contributed by atoms with Crippen molar-refractivity contribution < 1.29 is 37.0 Å². The smallest absolute Gasteiger partial charge is 0.346 e. The summed E-state index contributed by atoms with van der Waals surface area (Å²) in [6.07, 6.45) is -0.914. The zero-order valence-electron chi connectivity index (χ0n) is 16.2.